The summed E-state index contributed by atoms with van der Waals surface area (Å²) in [5.41, 5.74) is 0.0522. The van der Waals surface area contributed by atoms with Crippen LogP contribution in [0.3, 0.4) is 0 Å². The summed E-state index contributed by atoms with van der Waals surface area (Å²) in [7, 11) is 0. The highest BCUT2D eigenvalue weighted by Crippen LogP contribution is 2.08. The topological polar surface area (TPSA) is 80.0 Å². The van der Waals surface area contributed by atoms with Gasteiger partial charge in [0.2, 0.25) is 0 Å². The van der Waals surface area contributed by atoms with Crippen LogP contribution in [-0.4, -0.2) is 32.4 Å². The van der Waals surface area contributed by atoms with Crippen molar-refractivity contribution in [1.82, 2.24) is 14.8 Å². The molecule has 0 spiro atoms. The van der Waals surface area contributed by atoms with E-state index in [0.29, 0.717) is 5.82 Å². The lowest BCUT2D eigenvalue weighted by atomic mass is 10.3. The highest BCUT2D eigenvalue weighted by molar-refractivity contribution is 9.10. The third-order valence-corrected chi connectivity index (χ3v) is 3.10. The summed E-state index contributed by atoms with van der Waals surface area (Å²) < 4.78 is 2.86. The van der Waals surface area contributed by atoms with E-state index in [1.807, 2.05) is 10.9 Å². The Hall–Kier alpha value is -1.89. The highest BCUT2D eigenvalue weighted by Gasteiger charge is 2.04. The number of nitrogens with zero attached hydrogens (tertiary/aromatic N) is 3. The van der Waals surface area contributed by atoms with Gasteiger partial charge in [-0.25, -0.2) is 9.78 Å². The molecule has 2 N–H and O–H groups in total. The molecule has 0 radical (unpaired) electrons. The normalized spacial score (nSPS) is 10.4. The monoisotopic (exact) mass is 338 g/mol. The number of unbranched alkanes of at least 4 members (excludes halogenated alkanes) is 1. The van der Waals surface area contributed by atoms with Crippen LogP contribution in [0.2, 0.25) is 0 Å². The van der Waals surface area contributed by atoms with Gasteiger partial charge in [0.05, 0.1) is 10.7 Å². The van der Waals surface area contributed by atoms with Gasteiger partial charge in [-0.15, -0.1) is 0 Å². The maximum atomic E-state index is 10.8. The van der Waals surface area contributed by atoms with Crippen LogP contribution in [-0.2, 0) is 6.54 Å². The summed E-state index contributed by atoms with van der Waals surface area (Å²) in [6, 6.07) is 4.92. The van der Waals surface area contributed by atoms with Gasteiger partial charge in [0, 0.05) is 19.3 Å². The highest BCUT2D eigenvalue weighted by atomic mass is 79.9. The maximum Gasteiger partial charge on any atom is 0.354 e. The second-order valence-electron chi connectivity index (χ2n) is 4.27. The Morgan fingerprint density at radius 3 is 2.95 bits per heavy atom. The van der Waals surface area contributed by atoms with E-state index in [1.54, 1.807) is 18.3 Å². The van der Waals surface area contributed by atoms with Gasteiger partial charge in [-0.1, -0.05) is 6.07 Å². The molecule has 2 rings (SSSR count). The number of aromatic nitrogens is 3. The molecule has 0 aromatic carbocycles. The molecule has 106 valence electrons. The molecule has 0 atom stereocenters. The van der Waals surface area contributed by atoms with Crippen molar-refractivity contribution in [2.75, 3.05) is 11.9 Å². The molecule has 0 saturated carbocycles. The molecule has 0 amide bonds. The Morgan fingerprint density at radius 1 is 1.40 bits per heavy atom. The van der Waals surface area contributed by atoms with Gasteiger partial charge in [0.1, 0.15) is 5.82 Å². The quantitative estimate of drug-likeness (QED) is 0.758. The standard InChI is InChI=1S/C13H15BrN4O2/c14-10-8-16-18(9-10)7-2-1-6-15-12-5-3-4-11(17-12)13(19)20/h3-5,8-9H,1-2,6-7H2,(H,15,17)(H,19,20). The van der Waals surface area contributed by atoms with Gasteiger partial charge in [-0.3, -0.25) is 4.68 Å². The predicted octanol–water partition coefficient (Wildman–Crippen LogP) is 2.63. The van der Waals surface area contributed by atoms with Crippen LogP contribution in [0.25, 0.3) is 0 Å². The Morgan fingerprint density at radius 2 is 2.25 bits per heavy atom. The smallest absolute Gasteiger partial charge is 0.354 e. The first kappa shape index (κ1) is 14.5. The minimum Gasteiger partial charge on any atom is -0.477 e. The van der Waals surface area contributed by atoms with Gasteiger partial charge in [-0.05, 0) is 40.9 Å². The number of pyridine rings is 1. The van der Waals surface area contributed by atoms with Gasteiger partial charge in [0.25, 0.3) is 0 Å². The second-order valence-corrected chi connectivity index (χ2v) is 5.18. The molecule has 0 aliphatic rings. The number of nitrogens with one attached hydrogen (secondary N) is 1. The first-order chi connectivity index (χ1) is 9.65. The fourth-order valence-electron chi connectivity index (χ4n) is 1.73. The molecule has 2 aromatic rings. The third kappa shape index (κ3) is 4.34. The summed E-state index contributed by atoms with van der Waals surface area (Å²) in [6.45, 7) is 1.61. The van der Waals surface area contributed by atoms with Crippen LogP contribution in [0.15, 0.2) is 35.1 Å². The summed E-state index contributed by atoms with van der Waals surface area (Å²) in [5, 5.41) is 16.1. The van der Waals surface area contributed by atoms with Crippen LogP contribution in [0.1, 0.15) is 23.3 Å². The van der Waals surface area contributed by atoms with E-state index in [1.165, 1.54) is 6.07 Å². The van der Waals surface area contributed by atoms with E-state index in [9.17, 15) is 4.79 Å². The Labute approximate surface area is 125 Å². The van der Waals surface area contributed by atoms with Gasteiger partial charge in [0.15, 0.2) is 5.69 Å². The van der Waals surface area contributed by atoms with E-state index in [4.69, 9.17) is 5.11 Å². The van der Waals surface area contributed by atoms with Crippen molar-refractivity contribution < 1.29 is 9.90 Å². The molecule has 20 heavy (non-hydrogen) atoms. The van der Waals surface area contributed by atoms with Crippen LogP contribution >= 0.6 is 15.9 Å². The molecule has 2 aromatic heterocycles. The summed E-state index contributed by atoms with van der Waals surface area (Å²) in [6.07, 6.45) is 5.64. The number of carboxylic acid groups (broad SMARTS) is 1. The molecule has 6 nitrogen and oxygen atoms in total. The first-order valence-corrected chi connectivity index (χ1v) is 7.06. The van der Waals surface area contributed by atoms with Crippen molar-refractivity contribution in [1.29, 1.82) is 0 Å². The average molecular weight is 339 g/mol. The number of aryl methyl sites for hydroxylation is 1. The summed E-state index contributed by atoms with van der Waals surface area (Å²) in [5.74, 6) is -0.426. The number of hydrogen-bond donors (Lipinski definition) is 2. The lowest BCUT2D eigenvalue weighted by Gasteiger charge is -2.06. The van der Waals surface area contributed by atoms with Crippen molar-refractivity contribution in [3.05, 3.63) is 40.8 Å². The maximum absolute atomic E-state index is 10.8. The van der Waals surface area contributed by atoms with Gasteiger partial charge >= 0.3 is 5.97 Å². The molecule has 7 heteroatoms. The summed E-state index contributed by atoms with van der Waals surface area (Å²) >= 11 is 3.35. The molecular weight excluding hydrogens is 324 g/mol. The number of anilines is 1. The number of carboxylic acids is 1. The van der Waals surface area contributed by atoms with Gasteiger partial charge in [-0.2, -0.15) is 5.10 Å². The Kier molecular flexibility index (Phi) is 5.11. The van der Waals surface area contributed by atoms with Crippen molar-refractivity contribution in [3.63, 3.8) is 0 Å². The van der Waals surface area contributed by atoms with Gasteiger partial charge < -0.3 is 10.4 Å². The molecule has 0 aliphatic heterocycles. The van der Waals surface area contributed by atoms with E-state index in [2.05, 4.69) is 31.3 Å². The Balaban J connectivity index is 1.70. The number of hydrogen-bond acceptors (Lipinski definition) is 4. The molecule has 0 saturated heterocycles. The van der Waals surface area contributed by atoms with E-state index in [0.717, 1.165) is 30.4 Å². The lowest BCUT2D eigenvalue weighted by Crippen LogP contribution is -2.08. The number of aromatic carboxylic acids is 1. The SMILES string of the molecule is O=C(O)c1cccc(NCCCCn2cc(Br)cn2)n1. The number of carbonyl (C=O) groups is 1. The third-order valence-electron chi connectivity index (χ3n) is 2.69. The van der Waals surface area contributed by atoms with Crippen molar-refractivity contribution >= 4 is 27.7 Å². The first-order valence-electron chi connectivity index (χ1n) is 6.27. The molecule has 0 aliphatic carbocycles. The average Bonchev–Trinajstić information content (AvgIpc) is 2.84. The van der Waals surface area contributed by atoms with E-state index < -0.39 is 5.97 Å². The molecular formula is C13H15BrN4O2. The molecule has 0 fully saturated rings. The zero-order valence-electron chi connectivity index (χ0n) is 10.8. The molecule has 0 bridgehead atoms. The van der Waals surface area contributed by atoms with Crippen LogP contribution in [0.4, 0.5) is 5.82 Å². The fraction of sp³-hybridized carbons (Fsp3) is 0.308. The minimum atomic E-state index is -1.02. The summed E-state index contributed by atoms with van der Waals surface area (Å²) in [4.78, 5) is 14.8. The van der Waals surface area contributed by atoms with Crippen LogP contribution in [0, 0.1) is 0 Å². The zero-order valence-corrected chi connectivity index (χ0v) is 12.4. The van der Waals surface area contributed by atoms with E-state index in [-0.39, 0.29) is 5.69 Å². The van der Waals surface area contributed by atoms with Crippen molar-refractivity contribution in [3.8, 4) is 0 Å². The largest absolute Gasteiger partial charge is 0.477 e. The van der Waals surface area contributed by atoms with Crippen LogP contribution in [0.5, 0.6) is 0 Å². The second kappa shape index (κ2) is 7.04. The fourth-order valence-corrected chi connectivity index (χ4v) is 2.06. The lowest BCUT2D eigenvalue weighted by molar-refractivity contribution is 0.0690. The minimum absolute atomic E-state index is 0.0522. The van der Waals surface area contributed by atoms with Crippen molar-refractivity contribution in [2.45, 2.75) is 19.4 Å². The van der Waals surface area contributed by atoms with Crippen LogP contribution < -0.4 is 5.32 Å². The molecule has 0 unspecified atom stereocenters. The van der Waals surface area contributed by atoms with Crippen molar-refractivity contribution in [2.24, 2.45) is 0 Å². The Bertz CT molecular complexity index is 585. The number of halogens is 1. The molecule has 2 heterocycles. The zero-order chi connectivity index (χ0) is 14.4. The predicted molar refractivity (Wildman–Crippen MR) is 78.8 cm³/mol. The number of rotatable bonds is 7. The van der Waals surface area contributed by atoms with E-state index >= 15 is 0 Å².